The van der Waals surface area contributed by atoms with Crippen LogP contribution in [0.5, 0.6) is 0 Å². The van der Waals surface area contributed by atoms with Crippen molar-refractivity contribution in [1.29, 1.82) is 0 Å². The molecule has 1 fully saturated rings. The Morgan fingerprint density at radius 1 is 1.38 bits per heavy atom. The number of carboxylic acid groups (broad SMARTS) is 1. The van der Waals surface area contributed by atoms with Crippen LogP contribution >= 0.6 is 23.2 Å². The lowest BCUT2D eigenvalue weighted by molar-refractivity contribution is -0.140. The Morgan fingerprint density at radius 2 is 2.10 bits per heavy atom. The Labute approximate surface area is 133 Å². The number of rotatable bonds is 4. The molecule has 0 saturated carbocycles. The van der Waals surface area contributed by atoms with E-state index < -0.39 is 5.97 Å². The number of amides is 1. The van der Waals surface area contributed by atoms with Crippen molar-refractivity contribution in [3.63, 3.8) is 0 Å². The summed E-state index contributed by atoms with van der Waals surface area (Å²) in [6, 6.07) is 4.93. The molecule has 1 saturated heterocycles. The van der Waals surface area contributed by atoms with Crippen LogP contribution in [-0.4, -0.2) is 34.5 Å². The van der Waals surface area contributed by atoms with Crippen molar-refractivity contribution in [2.24, 2.45) is 0 Å². The third-order valence-electron chi connectivity index (χ3n) is 3.88. The standard InChI is InChI=1S/C15H17Cl2NO3/c1-9(10-4-5-12(16)13(17)7-10)15(21)18-6-2-3-11(18)8-14(19)20/h4-5,7,9,11H,2-3,6,8H2,1H3,(H,19,20). The van der Waals surface area contributed by atoms with E-state index in [4.69, 9.17) is 28.3 Å². The van der Waals surface area contributed by atoms with Gasteiger partial charge in [0.25, 0.3) is 0 Å². The lowest BCUT2D eigenvalue weighted by Crippen LogP contribution is -2.39. The Hall–Kier alpha value is -1.26. The monoisotopic (exact) mass is 329 g/mol. The van der Waals surface area contributed by atoms with Crippen LogP contribution in [0.3, 0.4) is 0 Å². The molecule has 2 unspecified atom stereocenters. The average molecular weight is 330 g/mol. The van der Waals surface area contributed by atoms with Gasteiger partial charge in [-0.3, -0.25) is 9.59 Å². The summed E-state index contributed by atoms with van der Waals surface area (Å²) in [5, 5.41) is 9.79. The highest BCUT2D eigenvalue weighted by Gasteiger charge is 2.33. The first-order chi connectivity index (χ1) is 9.90. The first kappa shape index (κ1) is 16.1. The average Bonchev–Trinajstić information content (AvgIpc) is 2.87. The molecule has 21 heavy (non-hydrogen) atoms. The molecule has 1 N–H and O–H groups in total. The molecule has 0 bridgehead atoms. The highest BCUT2D eigenvalue weighted by atomic mass is 35.5. The smallest absolute Gasteiger partial charge is 0.305 e. The van der Waals surface area contributed by atoms with E-state index in [2.05, 4.69) is 0 Å². The largest absolute Gasteiger partial charge is 0.481 e. The molecule has 6 heteroatoms. The van der Waals surface area contributed by atoms with Crippen LogP contribution in [0.1, 0.15) is 37.7 Å². The zero-order chi connectivity index (χ0) is 15.6. The lowest BCUT2D eigenvalue weighted by atomic mass is 9.99. The van der Waals surface area contributed by atoms with Crippen LogP contribution in [0.4, 0.5) is 0 Å². The van der Waals surface area contributed by atoms with Gasteiger partial charge in [0.15, 0.2) is 0 Å². The molecule has 1 amide bonds. The van der Waals surface area contributed by atoms with Gasteiger partial charge in [-0.1, -0.05) is 29.3 Å². The van der Waals surface area contributed by atoms with Crippen LogP contribution < -0.4 is 0 Å². The first-order valence-electron chi connectivity index (χ1n) is 6.87. The lowest BCUT2D eigenvalue weighted by Gasteiger charge is -2.27. The maximum atomic E-state index is 12.6. The quantitative estimate of drug-likeness (QED) is 0.918. The number of hydrogen-bond acceptors (Lipinski definition) is 2. The molecular formula is C15H17Cl2NO3. The number of benzene rings is 1. The molecule has 0 radical (unpaired) electrons. The second kappa shape index (κ2) is 6.67. The number of carbonyl (C=O) groups excluding carboxylic acids is 1. The number of aliphatic carboxylic acids is 1. The molecule has 4 nitrogen and oxygen atoms in total. The summed E-state index contributed by atoms with van der Waals surface area (Å²) in [7, 11) is 0. The van der Waals surface area contributed by atoms with Gasteiger partial charge in [-0.15, -0.1) is 0 Å². The van der Waals surface area contributed by atoms with Crippen molar-refractivity contribution in [3.05, 3.63) is 33.8 Å². The predicted molar refractivity (Wildman–Crippen MR) is 81.9 cm³/mol. The van der Waals surface area contributed by atoms with Crippen LogP contribution in [0.25, 0.3) is 0 Å². The number of carboxylic acids is 1. The Kier molecular flexibility index (Phi) is 5.12. The van der Waals surface area contributed by atoms with Gasteiger partial charge in [-0.25, -0.2) is 0 Å². The van der Waals surface area contributed by atoms with Crippen molar-refractivity contribution in [3.8, 4) is 0 Å². The third kappa shape index (κ3) is 3.69. The fourth-order valence-electron chi connectivity index (χ4n) is 2.71. The van der Waals surface area contributed by atoms with Gasteiger partial charge in [0.2, 0.25) is 5.91 Å². The Balaban J connectivity index is 2.14. The van der Waals surface area contributed by atoms with E-state index >= 15 is 0 Å². The second-order valence-corrected chi connectivity index (χ2v) is 6.14. The van der Waals surface area contributed by atoms with Gasteiger partial charge in [-0.2, -0.15) is 0 Å². The topological polar surface area (TPSA) is 57.6 Å². The van der Waals surface area contributed by atoms with Crippen LogP contribution in [-0.2, 0) is 9.59 Å². The molecule has 1 aromatic carbocycles. The molecule has 0 aromatic heterocycles. The van der Waals surface area contributed by atoms with E-state index in [0.717, 1.165) is 18.4 Å². The van der Waals surface area contributed by atoms with Crippen molar-refractivity contribution < 1.29 is 14.7 Å². The predicted octanol–water partition coefficient (Wildman–Crippen LogP) is 3.56. The SMILES string of the molecule is CC(C(=O)N1CCCC1CC(=O)O)c1ccc(Cl)c(Cl)c1. The summed E-state index contributed by atoms with van der Waals surface area (Å²) in [5.74, 6) is -1.30. The molecule has 1 aliphatic rings. The summed E-state index contributed by atoms with van der Waals surface area (Å²) in [5.41, 5.74) is 0.787. The summed E-state index contributed by atoms with van der Waals surface area (Å²) < 4.78 is 0. The summed E-state index contributed by atoms with van der Waals surface area (Å²) in [6.07, 6.45) is 1.59. The maximum absolute atomic E-state index is 12.6. The van der Waals surface area contributed by atoms with Crippen LogP contribution in [0.15, 0.2) is 18.2 Å². The number of likely N-dealkylation sites (tertiary alicyclic amines) is 1. The van der Waals surface area contributed by atoms with Crippen LogP contribution in [0, 0.1) is 0 Å². The molecule has 114 valence electrons. The number of carbonyl (C=O) groups is 2. The number of halogens is 2. The fourth-order valence-corrected chi connectivity index (χ4v) is 3.02. The summed E-state index contributed by atoms with van der Waals surface area (Å²) in [4.78, 5) is 25.1. The van der Waals surface area contributed by atoms with Crippen molar-refractivity contribution in [2.75, 3.05) is 6.54 Å². The Bertz CT molecular complexity index is 562. The van der Waals surface area contributed by atoms with Gasteiger partial charge in [0.05, 0.1) is 22.4 Å². The summed E-state index contributed by atoms with van der Waals surface area (Å²) >= 11 is 11.9. The van der Waals surface area contributed by atoms with E-state index in [-0.39, 0.29) is 24.3 Å². The van der Waals surface area contributed by atoms with Crippen molar-refractivity contribution in [2.45, 2.75) is 38.1 Å². The molecule has 0 aliphatic carbocycles. The van der Waals surface area contributed by atoms with E-state index in [1.165, 1.54) is 0 Å². The van der Waals surface area contributed by atoms with Gasteiger partial charge in [0.1, 0.15) is 0 Å². The highest BCUT2D eigenvalue weighted by Crippen LogP contribution is 2.30. The highest BCUT2D eigenvalue weighted by molar-refractivity contribution is 6.42. The van der Waals surface area contributed by atoms with Gasteiger partial charge < -0.3 is 10.0 Å². The van der Waals surface area contributed by atoms with E-state index in [1.807, 2.05) is 0 Å². The van der Waals surface area contributed by atoms with Gasteiger partial charge in [-0.05, 0) is 37.5 Å². The third-order valence-corrected chi connectivity index (χ3v) is 4.62. The minimum atomic E-state index is -0.873. The molecule has 0 spiro atoms. The molecule has 2 atom stereocenters. The van der Waals surface area contributed by atoms with E-state index in [0.29, 0.717) is 16.6 Å². The molecular weight excluding hydrogens is 313 g/mol. The zero-order valence-corrected chi connectivity index (χ0v) is 13.2. The van der Waals surface area contributed by atoms with Crippen molar-refractivity contribution >= 4 is 35.1 Å². The molecule has 1 heterocycles. The van der Waals surface area contributed by atoms with E-state index in [1.54, 1.807) is 30.0 Å². The van der Waals surface area contributed by atoms with E-state index in [9.17, 15) is 9.59 Å². The molecule has 1 aliphatic heterocycles. The maximum Gasteiger partial charge on any atom is 0.305 e. The number of nitrogens with zero attached hydrogens (tertiary/aromatic N) is 1. The minimum Gasteiger partial charge on any atom is -0.481 e. The van der Waals surface area contributed by atoms with Crippen LogP contribution in [0.2, 0.25) is 10.0 Å². The van der Waals surface area contributed by atoms with Gasteiger partial charge in [0, 0.05) is 12.6 Å². The minimum absolute atomic E-state index is 0.000165. The molecule has 1 aromatic rings. The normalized spacial score (nSPS) is 19.6. The fraction of sp³-hybridized carbons (Fsp3) is 0.467. The first-order valence-corrected chi connectivity index (χ1v) is 7.63. The molecule has 2 rings (SSSR count). The Morgan fingerprint density at radius 3 is 2.71 bits per heavy atom. The zero-order valence-electron chi connectivity index (χ0n) is 11.7. The van der Waals surface area contributed by atoms with Crippen molar-refractivity contribution in [1.82, 2.24) is 4.90 Å². The van der Waals surface area contributed by atoms with Gasteiger partial charge >= 0.3 is 5.97 Å². The second-order valence-electron chi connectivity index (χ2n) is 5.32. The number of hydrogen-bond donors (Lipinski definition) is 1. The summed E-state index contributed by atoms with van der Waals surface area (Å²) in [6.45, 7) is 2.42.